The van der Waals surface area contributed by atoms with Gasteiger partial charge in [0.2, 0.25) is 11.8 Å². The number of benzene rings is 3. The summed E-state index contributed by atoms with van der Waals surface area (Å²) in [6.07, 6.45) is -0.637. The quantitative estimate of drug-likeness (QED) is 0.126. The maximum Gasteiger partial charge on any atom is 0.338 e. The van der Waals surface area contributed by atoms with Crippen molar-refractivity contribution >= 4 is 50.0 Å². The van der Waals surface area contributed by atoms with Crippen molar-refractivity contribution in [3.05, 3.63) is 83.2 Å². The molecule has 0 saturated carbocycles. The molecule has 4 rings (SSSR count). The van der Waals surface area contributed by atoms with E-state index in [4.69, 9.17) is 14.3 Å². The van der Waals surface area contributed by atoms with E-state index < -0.39 is 36.9 Å². The number of fused-ring (bicyclic) bond motifs is 2. The average molecular weight is 621 g/mol. The molecular weight excluding hydrogens is 580 g/mol. The fourth-order valence-electron chi connectivity index (χ4n) is 4.98. The number of rotatable bonds is 15. The largest absolute Gasteiger partial charge is 0.351 e. The first-order valence-electron chi connectivity index (χ1n) is 14.7. The number of hydroxylamine groups is 1. The van der Waals surface area contributed by atoms with Gasteiger partial charge in [-0.05, 0) is 66.4 Å². The Bertz CT molecular complexity index is 1550. The number of thiophene rings is 1. The first kappa shape index (κ1) is 32.9. The molecule has 4 amide bonds. The van der Waals surface area contributed by atoms with E-state index in [-0.39, 0.29) is 12.5 Å². The minimum Gasteiger partial charge on any atom is -0.351 e. The van der Waals surface area contributed by atoms with Crippen molar-refractivity contribution in [2.24, 2.45) is 0 Å². The number of carbonyl (C=O) groups excluding carboxylic acids is 3. The van der Waals surface area contributed by atoms with Crippen LogP contribution in [0.3, 0.4) is 0 Å². The van der Waals surface area contributed by atoms with Crippen LogP contribution in [0, 0.1) is 0 Å². The Morgan fingerprint density at radius 2 is 1.55 bits per heavy atom. The highest BCUT2D eigenvalue weighted by molar-refractivity contribution is 7.17. The molecule has 0 bridgehead atoms. The highest BCUT2D eigenvalue weighted by Crippen LogP contribution is 2.28. The number of nitrogens with zero attached hydrogens (tertiary/aromatic N) is 1. The fraction of sp³-hybridized carbons (Fsp3) is 0.364. The normalized spacial score (nSPS) is 12.7. The van der Waals surface area contributed by atoms with Gasteiger partial charge in [0, 0.05) is 31.0 Å². The summed E-state index contributed by atoms with van der Waals surface area (Å²) in [6, 6.07) is 19.9. The van der Waals surface area contributed by atoms with Gasteiger partial charge in [0.1, 0.15) is 6.04 Å². The lowest BCUT2D eigenvalue weighted by Crippen LogP contribution is -2.54. The summed E-state index contributed by atoms with van der Waals surface area (Å²) in [6.45, 7) is 8.21. The van der Waals surface area contributed by atoms with Crippen LogP contribution in [0.4, 0.5) is 4.79 Å². The number of urea groups is 1. The van der Waals surface area contributed by atoms with Crippen LogP contribution >= 0.6 is 11.3 Å². The summed E-state index contributed by atoms with van der Waals surface area (Å²) >= 11 is 1.61. The van der Waals surface area contributed by atoms with Crippen molar-refractivity contribution in [3.8, 4) is 0 Å². The predicted octanol–water partition coefficient (Wildman–Crippen LogP) is 5.11. The van der Waals surface area contributed by atoms with Crippen molar-refractivity contribution in [2.75, 3.05) is 19.8 Å². The van der Waals surface area contributed by atoms with Crippen molar-refractivity contribution < 1.29 is 28.7 Å². The summed E-state index contributed by atoms with van der Waals surface area (Å²) < 4.78 is 12.8. The van der Waals surface area contributed by atoms with E-state index in [1.807, 2.05) is 92.9 Å². The van der Waals surface area contributed by atoms with Gasteiger partial charge >= 0.3 is 6.03 Å². The third-order valence-electron chi connectivity index (χ3n) is 7.17. The topological polar surface area (TPSA) is 118 Å². The zero-order valence-corrected chi connectivity index (χ0v) is 26.3. The van der Waals surface area contributed by atoms with Crippen LogP contribution in [-0.2, 0) is 37.0 Å². The van der Waals surface area contributed by atoms with Gasteiger partial charge in [-0.2, -0.15) is 0 Å². The number of carbonyl (C=O) groups is 3. The second-order valence-corrected chi connectivity index (χ2v) is 11.2. The summed E-state index contributed by atoms with van der Waals surface area (Å²) in [4.78, 5) is 45.5. The molecule has 0 spiro atoms. The van der Waals surface area contributed by atoms with Crippen LogP contribution in [0.15, 0.2) is 72.1 Å². The van der Waals surface area contributed by atoms with Crippen molar-refractivity contribution in [2.45, 2.75) is 59.2 Å². The molecule has 2 unspecified atom stereocenters. The van der Waals surface area contributed by atoms with Crippen LogP contribution in [0.5, 0.6) is 0 Å². The van der Waals surface area contributed by atoms with Crippen molar-refractivity contribution in [1.82, 2.24) is 21.0 Å². The molecule has 0 radical (unpaired) electrons. The molecule has 0 aliphatic heterocycles. The smallest absolute Gasteiger partial charge is 0.338 e. The molecule has 2 atom stereocenters. The first-order valence-corrected chi connectivity index (χ1v) is 15.6. The third kappa shape index (κ3) is 8.54. The van der Waals surface area contributed by atoms with Gasteiger partial charge in [-0.25, -0.2) is 10.3 Å². The molecule has 0 aliphatic carbocycles. The van der Waals surface area contributed by atoms with E-state index in [0.29, 0.717) is 19.8 Å². The van der Waals surface area contributed by atoms with Gasteiger partial charge in [-0.15, -0.1) is 11.3 Å². The molecule has 11 heteroatoms. The lowest BCUT2D eigenvalue weighted by molar-refractivity contribution is -0.179. The maximum atomic E-state index is 13.8. The van der Waals surface area contributed by atoms with Crippen LogP contribution < -0.4 is 16.1 Å². The zero-order valence-electron chi connectivity index (χ0n) is 25.5. The standard InChI is InChI=1S/C33H40N4O6S/c1-5-41-32(42-6-2)23(4)37(19-26-21-44-29-17-10-9-16-28(26)29)31(39)22(3)35-30(38)20-43-36-33(40)34-18-25-14-11-13-24-12-7-8-15-27(24)25/h7-17,21-23,32H,5-6,18-20H2,1-4H3,(H,35,38)(H2,34,36,40). The lowest BCUT2D eigenvalue weighted by atomic mass is 10.0. The first-order chi connectivity index (χ1) is 21.3. The number of hydrogen-bond donors (Lipinski definition) is 3. The Labute approximate surface area is 261 Å². The minimum absolute atomic E-state index is 0.284. The van der Waals surface area contributed by atoms with Crippen LogP contribution in [0.1, 0.15) is 38.8 Å². The van der Waals surface area contributed by atoms with Crippen molar-refractivity contribution in [3.63, 3.8) is 0 Å². The summed E-state index contributed by atoms with van der Waals surface area (Å²) in [5.41, 5.74) is 4.18. The third-order valence-corrected chi connectivity index (χ3v) is 8.18. The molecule has 0 saturated heterocycles. The SMILES string of the molecule is CCOC(OCC)C(C)N(Cc1csc2ccccc12)C(=O)C(C)NC(=O)CONC(=O)NCc1cccc2ccccc12. The molecule has 1 aromatic heterocycles. The van der Waals surface area contributed by atoms with Crippen LogP contribution in [0.25, 0.3) is 20.9 Å². The van der Waals surface area contributed by atoms with E-state index in [1.54, 1.807) is 23.2 Å². The van der Waals surface area contributed by atoms with Crippen LogP contribution in [0.2, 0.25) is 0 Å². The molecule has 1 heterocycles. The molecule has 4 aromatic rings. The average Bonchev–Trinajstić information content (AvgIpc) is 3.44. The zero-order chi connectivity index (χ0) is 31.5. The summed E-state index contributed by atoms with van der Waals surface area (Å²) in [5, 5.41) is 10.6. The van der Waals surface area contributed by atoms with E-state index in [9.17, 15) is 14.4 Å². The monoisotopic (exact) mass is 620 g/mol. The van der Waals surface area contributed by atoms with Gasteiger partial charge in [-0.3, -0.25) is 14.4 Å². The highest BCUT2D eigenvalue weighted by Gasteiger charge is 2.32. The number of amides is 4. The highest BCUT2D eigenvalue weighted by atomic mass is 32.1. The Balaban J connectivity index is 1.32. The minimum atomic E-state index is -0.873. The maximum absolute atomic E-state index is 13.8. The molecular formula is C33H40N4O6S. The van der Waals surface area contributed by atoms with E-state index in [2.05, 4.69) is 16.1 Å². The summed E-state index contributed by atoms with van der Waals surface area (Å²) in [7, 11) is 0. The second-order valence-electron chi connectivity index (χ2n) is 10.2. The Morgan fingerprint density at radius 1 is 0.864 bits per heavy atom. The lowest BCUT2D eigenvalue weighted by Gasteiger charge is -2.35. The van der Waals surface area contributed by atoms with Gasteiger partial charge in [0.15, 0.2) is 12.9 Å². The Hall–Kier alpha value is -4.03. The number of nitrogens with one attached hydrogen (secondary N) is 3. The molecule has 44 heavy (non-hydrogen) atoms. The number of ether oxygens (including phenoxy) is 2. The molecule has 234 valence electrons. The predicted molar refractivity (Wildman–Crippen MR) is 172 cm³/mol. The molecule has 3 N–H and O–H groups in total. The van der Waals surface area contributed by atoms with Gasteiger partial charge in [-0.1, -0.05) is 60.7 Å². The van der Waals surface area contributed by atoms with Crippen LogP contribution in [-0.4, -0.2) is 60.9 Å². The van der Waals surface area contributed by atoms with E-state index >= 15 is 0 Å². The van der Waals surface area contributed by atoms with Gasteiger partial charge < -0.3 is 25.0 Å². The number of hydrogen-bond acceptors (Lipinski definition) is 7. The van der Waals surface area contributed by atoms with E-state index in [0.717, 1.165) is 32.0 Å². The fourth-order valence-corrected chi connectivity index (χ4v) is 5.94. The second kappa shape index (κ2) is 16.2. The molecule has 0 fully saturated rings. The Kier molecular flexibility index (Phi) is 12.1. The van der Waals surface area contributed by atoms with Crippen molar-refractivity contribution in [1.29, 1.82) is 0 Å². The Morgan fingerprint density at radius 3 is 2.30 bits per heavy atom. The molecule has 0 aliphatic rings. The van der Waals surface area contributed by atoms with Gasteiger partial charge in [0.25, 0.3) is 0 Å². The molecule has 10 nitrogen and oxygen atoms in total. The summed E-state index contributed by atoms with van der Waals surface area (Å²) in [5.74, 6) is -0.855. The molecule has 3 aromatic carbocycles. The van der Waals surface area contributed by atoms with Gasteiger partial charge in [0.05, 0.1) is 6.04 Å². The van der Waals surface area contributed by atoms with E-state index in [1.165, 1.54) is 0 Å².